The molecule has 0 N–H and O–H groups in total. The van der Waals surface area contributed by atoms with Crippen molar-refractivity contribution < 1.29 is 0 Å². The van der Waals surface area contributed by atoms with Gasteiger partial charge in [0.05, 0.1) is 0 Å². The highest BCUT2D eigenvalue weighted by Crippen LogP contribution is 1.94. The van der Waals surface area contributed by atoms with Gasteiger partial charge in [0, 0.05) is 0 Å². The zero-order valence-corrected chi connectivity index (χ0v) is 5.36. The van der Waals surface area contributed by atoms with Gasteiger partial charge in [-0.25, -0.2) is 0 Å². The molecular weight excluding hydrogens is 91.0 g/mol. The van der Waals surface area contributed by atoms with Crippen molar-refractivity contribution in [2.75, 3.05) is 0 Å². The molecule has 0 aromatic rings. The summed E-state index contributed by atoms with van der Waals surface area (Å²) < 4.78 is 0. The van der Waals surface area contributed by atoms with E-state index in [0.29, 0.717) is 0 Å². The third-order valence-corrected chi connectivity index (χ3v) is 0.825. The molecule has 0 radical (unpaired) electrons. The molecule has 0 aliphatic heterocycles. The van der Waals surface area contributed by atoms with E-state index in [2.05, 4.69) is 22.7 Å². The molecule has 0 saturated heterocycles. The Bertz CT molecular complexity index is 39.2. The summed E-state index contributed by atoms with van der Waals surface area (Å²) in [5.74, 6) is 2.80. The van der Waals surface area contributed by atoms with Crippen molar-refractivity contribution in [2.24, 2.45) is 5.92 Å². The van der Waals surface area contributed by atoms with E-state index < -0.39 is 0 Å². The normalized spacial score (nSPS) is 9.17. The summed E-state index contributed by atoms with van der Waals surface area (Å²) >= 11 is 0. The Morgan fingerprint density at radius 3 is 2.17 bits per heavy atom. The lowest BCUT2D eigenvalue weighted by atomic mass is 10.2. The Kier molecular flexibility index (Phi) is 3.46. The van der Waals surface area contributed by atoms with Crippen molar-refractivity contribution in [3.05, 3.63) is 0 Å². The quantitative estimate of drug-likeness (QED) is 0.467. The van der Waals surface area contributed by atoms with Crippen molar-refractivity contribution in [3.8, 4) is 0 Å². The van der Waals surface area contributed by atoms with E-state index >= 15 is 0 Å². The first kappa shape index (κ1) is 6.17. The predicted molar refractivity (Wildman–Crippen MR) is 33.8 cm³/mol. The van der Waals surface area contributed by atoms with Crippen LogP contribution in [0.4, 0.5) is 0 Å². The van der Waals surface area contributed by atoms with Crippen molar-refractivity contribution in [1.29, 1.82) is 0 Å². The minimum Gasteiger partial charge on any atom is -0.127 e. The molecule has 0 saturated carbocycles. The molecule has 0 rings (SSSR count). The summed E-state index contributed by atoms with van der Waals surface area (Å²) in [5.41, 5.74) is 0. The van der Waals surface area contributed by atoms with Crippen LogP contribution >= 0.6 is 8.86 Å². The molecule has 0 aromatic heterocycles. The van der Waals surface area contributed by atoms with E-state index in [9.17, 15) is 0 Å². The molecule has 36 valence electrons. The Morgan fingerprint density at radius 1 is 1.67 bits per heavy atom. The zero-order valence-electron chi connectivity index (χ0n) is 4.36. The van der Waals surface area contributed by atoms with Crippen LogP contribution < -0.4 is 0 Å². The summed E-state index contributed by atoms with van der Waals surface area (Å²) in [4.78, 5) is 0. The van der Waals surface area contributed by atoms with Crippen molar-refractivity contribution in [3.63, 3.8) is 0 Å². The van der Waals surface area contributed by atoms with Gasteiger partial charge in [0.1, 0.15) is 0 Å². The fourth-order valence-corrected chi connectivity index (χ4v) is 0.707. The molecule has 0 nitrogen and oxygen atoms in total. The fourth-order valence-electron chi connectivity index (χ4n) is 0.236. The zero-order chi connectivity index (χ0) is 4.99. The molecule has 0 aromatic carbocycles. The lowest BCUT2D eigenvalue weighted by Gasteiger charge is -1.92. The highest BCUT2D eigenvalue weighted by Gasteiger charge is 1.83. The van der Waals surface area contributed by atoms with Crippen molar-refractivity contribution >= 4 is 14.7 Å². The maximum absolute atomic E-state index is 3.27. The van der Waals surface area contributed by atoms with Gasteiger partial charge in [-0.05, 0) is 12.3 Å². The summed E-state index contributed by atoms with van der Waals surface area (Å²) in [6, 6.07) is 0. The molecule has 1 heteroatoms. The van der Waals surface area contributed by atoms with Crippen LogP contribution in [0.25, 0.3) is 0 Å². The van der Waals surface area contributed by atoms with Gasteiger partial charge in [-0.15, -0.1) is 8.86 Å². The van der Waals surface area contributed by atoms with Crippen molar-refractivity contribution in [1.82, 2.24) is 0 Å². The van der Waals surface area contributed by atoms with Gasteiger partial charge < -0.3 is 0 Å². The van der Waals surface area contributed by atoms with Crippen LogP contribution in [0, 0.1) is 5.92 Å². The Balaban J connectivity index is 2.81. The molecule has 0 heterocycles. The van der Waals surface area contributed by atoms with Crippen LogP contribution in [0.5, 0.6) is 0 Å². The van der Waals surface area contributed by atoms with E-state index in [-0.39, 0.29) is 0 Å². The molecule has 0 aliphatic carbocycles. The van der Waals surface area contributed by atoms with E-state index in [1.54, 1.807) is 0 Å². The van der Waals surface area contributed by atoms with E-state index in [0.717, 1.165) is 12.3 Å². The second kappa shape index (κ2) is 3.36. The van der Waals surface area contributed by atoms with Gasteiger partial charge >= 0.3 is 0 Å². The molecule has 0 bridgehead atoms. The number of hydrogen-bond donors (Lipinski definition) is 0. The van der Waals surface area contributed by atoms with Crippen LogP contribution in [0.2, 0.25) is 0 Å². The molecular formula is C5H11P. The monoisotopic (exact) mass is 102 g/mol. The van der Waals surface area contributed by atoms with E-state index in [4.69, 9.17) is 0 Å². The summed E-state index contributed by atoms with van der Waals surface area (Å²) in [7, 11) is 3.27. The third kappa shape index (κ3) is 4.17. The van der Waals surface area contributed by atoms with Gasteiger partial charge in [-0.3, -0.25) is 0 Å². The average Bonchev–Trinajstić information content (AvgIpc) is 1.35. The van der Waals surface area contributed by atoms with Crippen LogP contribution in [-0.4, -0.2) is 5.80 Å². The molecule has 0 aliphatic rings. The molecule has 0 atom stereocenters. The number of hydrogen-bond acceptors (Lipinski definition) is 0. The summed E-state index contributed by atoms with van der Waals surface area (Å²) in [5, 5.41) is 0. The fraction of sp³-hybridized carbons (Fsp3) is 0.800. The van der Waals surface area contributed by atoms with Crippen LogP contribution in [-0.2, 0) is 0 Å². The smallest absolute Gasteiger partial charge is 0.0287 e. The Labute approximate surface area is 41.8 Å². The SMILES string of the molecule is CC(C)CC=P. The van der Waals surface area contributed by atoms with Gasteiger partial charge in [-0.2, -0.15) is 0 Å². The largest absolute Gasteiger partial charge is 0.127 e. The minimum atomic E-state index is 0.794. The minimum absolute atomic E-state index is 0.794. The standard InChI is InChI=1S/C5H11P/c1-5(2)3-4-6/h4-6H,3H2,1-2H3. The third-order valence-electron chi connectivity index (χ3n) is 0.589. The highest BCUT2D eigenvalue weighted by molar-refractivity contribution is 7.18. The highest BCUT2D eigenvalue weighted by atomic mass is 31.0. The number of rotatable bonds is 2. The average molecular weight is 102 g/mol. The maximum atomic E-state index is 3.27. The first-order valence-corrected chi connectivity index (χ1v) is 2.84. The first-order chi connectivity index (χ1) is 2.77. The van der Waals surface area contributed by atoms with Gasteiger partial charge in [0.15, 0.2) is 0 Å². The van der Waals surface area contributed by atoms with Crippen LogP contribution in [0.1, 0.15) is 20.3 Å². The van der Waals surface area contributed by atoms with Gasteiger partial charge in [0.25, 0.3) is 0 Å². The second-order valence-electron chi connectivity index (χ2n) is 1.83. The van der Waals surface area contributed by atoms with Crippen LogP contribution in [0.3, 0.4) is 0 Å². The van der Waals surface area contributed by atoms with Crippen molar-refractivity contribution in [2.45, 2.75) is 20.3 Å². The summed E-state index contributed by atoms with van der Waals surface area (Å²) in [6.07, 6.45) is 1.16. The topological polar surface area (TPSA) is 0 Å². The maximum Gasteiger partial charge on any atom is -0.0287 e. The lowest BCUT2D eigenvalue weighted by molar-refractivity contribution is 0.694. The summed E-state index contributed by atoms with van der Waals surface area (Å²) in [6.45, 7) is 4.38. The molecule has 6 heavy (non-hydrogen) atoms. The molecule has 0 unspecified atom stereocenters. The molecule has 0 amide bonds. The van der Waals surface area contributed by atoms with E-state index in [1.165, 1.54) is 0 Å². The second-order valence-corrected chi connectivity index (χ2v) is 2.24. The van der Waals surface area contributed by atoms with Gasteiger partial charge in [0.2, 0.25) is 0 Å². The Morgan fingerprint density at radius 2 is 2.17 bits per heavy atom. The predicted octanol–water partition coefficient (Wildman–Crippen LogP) is 1.98. The molecule has 0 fully saturated rings. The Hall–Kier alpha value is 0.170. The van der Waals surface area contributed by atoms with E-state index in [1.807, 2.05) is 5.80 Å². The first-order valence-electron chi connectivity index (χ1n) is 2.26. The van der Waals surface area contributed by atoms with Gasteiger partial charge in [-0.1, -0.05) is 19.6 Å². The lowest BCUT2D eigenvalue weighted by Crippen LogP contribution is -1.82. The molecule has 0 spiro atoms. The van der Waals surface area contributed by atoms with Crippen LogP contribution in [0.15, 0.2) is 0 Å².